The summed E-state index contributed by atoms with van der Waals surface area (Å²) in [4.78, 5) is 7.00. The van der Waals surface area contributed by atoms with Gasteiger partial charge in [-0.2, -0.15) is 0 Å². The summed E-state index contributed by atoms with van der Waals surface area (Å²) in [6.45, 7) is 1.97. The Morgan fingerprint density at radius 2 is 2.18 bits per heavy atom. The summed E-state index contributed by atoms with van der Waals surface area (Å²) in [6, 6.07) is 8.53. The SMILES string of the molecule is Cn1c(N2CCC[C@@H](N)C2)nc2ccccc21. The van der Waals surface area contributed by atoms with Gasteiger partial charge in [0.2, 0.25) is 5.95 Å². The van der Waals surface area contributed by atoms with Crippen molar-refractivity contribution in [3.8, 4) is 0 Å². The van der Waals surface area contributed by atoms with Crippen LogP contribution in [0, 0.1) is 0 Å². The zero-order valence-electron chi connectivity index (χ0n) is 10.1. The van der Waals surface area contributed by atoms with Gasteiger partial charge >= 0.3 is 0 Å². The molecule has 4 heteroatoms. The molecule has 90 valence electrons. The molecule has 2 heterocycles. The fourth-order valence-electron chi connectivity index (χ4n) is 2.61. The molecule has 3 rings (SSSR count). The Bertz CT molecular complexity index is 531. The van der Waals surface area contributed by atoms with Crippen LogP contribution in [0.4, 0.5) is 5.95 Å². The lowest BCUT2D eigenvalue weighted by Gasteiger charge is -2.31. The average molecular weight is 230 g/mol. The van der Waals surface area contributed by atoms with Gasteiger partial charge in [0.25, 0.3) is 0 Å². The molecule has 0 bridgehead atoms. The van der Waals surface area contributed by atoms with Crippen LogP contribution in [0.3, 0.4) is 0 Å². The second kappa shape index (κ2) is 4.04. The van der Waals surface area contributed by atoms with Crippen LogP contribution in [0.2, 0.25) is 0 Å². The zero-order valence-corrected chi connectivity index (χ0v) is 10.1. The summed E-state index contributed by atoms with van der Waals surface area (Å²) in [7, 11) is 2.07. The monoisotopic (exact) mass is 230 g/mol. The lowest BCUT2D eigenvalue weighted by molar-refractivity contribution is 0.497. The molecule has 2 aromatic rings. The second-order valence-corrected chi connectivity index (χ2v) is 4.81. The van der Waals surface area contributed by atoms with Crippen LogP contribution in [0.5, 0.6) is 0 Å². The van der Waals surface area contributed by atoms with Crippen LogP contribution in [-0.2, 0) is 7.05 Å². The molecule has 1 aromatic carbocycles. The predicted molar refractivity (Wildman–Crippen MR) is 70.1 cm³/mol. The Morgan fingerprint density at radius 1 is 1.35 bits per heavy atom. The molecule has 1 atom stereocenters. The van der Waals surface area contributed by atoms with Crippen LogP contribution >= 0.6 is 0 Å². The number of piperidine rings is 1. The molecule has 1 fully saturated rings. The Morgan fingerprint density at radius 3 is 2.94 bits per heavy atom. The molecule has 4 nitrogen and oxygen atoms in total. The summed E-state index contributed by atoms with van der Waals surface area (Å²) in [5.74, 6) is 1.04. The highest BCUT2D eigenvalue weighted by Gasteiger charge is 2.20. The summed E-state index contributed by atoms with van der Waals surface area (Å²) in [5.41, 5.74) is 8.27. The normalized spacial score (nSPS) is 21.1. The van der Waals surface area contributed by atoms with E-state index < -0.39 is 0 Å². The van der Waals surface area contributed by atoms with Crippen LogP contribution < -0.4 is 10.6 Å². The van der Waals surface area contributed by atoms with Gasteiger partial charge in [0.05, 0.1) is 11.0 Å². The molecule has 1 aliphatic rings. The van der Waals surface area contributed by atoms with E-state index in [9.17, 15) is 0 Å². The van der Waals surface area contributed by atoms with Crippen molar-refractivity contribution in [3.63, 3.8) is 0 Å². The Labute approximate surface area is 101 Å². The molecule has 0 amide bonds. The van der Waals surface area contributed by atoms with Crippen molar-refractivity contribution >= 4 is 17.0 Å². The number of imidazole rings is 1. The maximum atomic E-state index is 6.03. The van der Waals surface area contributed by atoms with Crippen molar-refractivity contribution < 1.29 is 0 Å². The number of rotatable bonds is 1. The molecular formula is C13H18N4. The molecule has 0 spiro atoms. The third kappa shape index (κ3) is 1.78. The van der Waals surface area contributed by atoms with E-state index in [1.165, 1.54) is 5.52 Å². The van der Waals surface area contributed by atoms with Crippen molar-refractivity contribution in [2.24, 2.45) is 12.8 Å². The van der Waals surface area contributed by atoms with E-state index in [-0.39, 0.29) is 6.04 Å². The summed E-state index contributed by atoms with van der Waals surface area (Å²) in [6.07, 6.45) is 2.28. The van der Waals surface area contributed by atoms with Crippen molar-refractivity contribution in [1.29, 1.82) is 0 Å². The van der Waals surface area contributed by atoms with Crippen molar-refractivity contribution in [1.82, 2.24) is 9.55 Å². The fourth-order valence-corrected chi connectivity index (χ4v) is 2.61. The molecule has 0 aliphatic carbocycles. The number of fused-ring (bicyclic) bond motifs is 1. The first-order valence-electron chi connectivity index (χ1n) is 6.17. The second-order valence-electron chi connectivity index (χ2n) is 4.81. The number of aromatic nitrogens is 2. The quantitative estimate of drug-likeness (QED) is 0.807. The largest absolute Gasteiger partial charge is 0.341 e. The minimum atomic E-state index is 0.281. The van der Waals surface area contributed by atoms with Crippen molar-refractivity contribution in [2.45, 2.75) is 18.9 Å². The molecule has 1 saturated heterocycles. The number of nitrogens with zero attached hydrogens (tertiary/aromatic N) is 3. The smallest absolute Gasteiger partial charge is 0.206 e. The van der Waals surface area contributed by atoms with Crippen molar-refractivity contribution in [2.75, 3.05) is 18.0 Å². The highest BCUT2D eigenvalue weighted by Crippen LogP contribution is 2.23. The molecule has 0 unspecified atom stereocenters. The molecular weight excluding hydrogens is 212 g/mol. The summed E-state index contributed by atoms with van der Waals surface area (Å²) in [5, 5.41) is 0. The van der Waals surface area contributed by atoms with Gasteiger partial charge < -0.3 is 15.2 Å². The average Bonchev–Trinajstić information content (AvgIpc) is 2.68. The van der Waals surface area contributed by atoms with E-state index >= 15 is 0 Å². The molecule has 0 saturated carbocycles. The summed E-state index contributed by atoms with van der Waals surface area (Å²) >= 11 is 0. The summed E-state index contributed by atoms with van der Waals surface area (Å²) < 4.78 is 2.16. The van der Waals surface area contributed by atoms with E-state index in [1.807, 2.05) is 6.07 Å². The van der Waals surface area contributed by atoms with Gasteiger partial charge in [-0.1, -0.05) is 12.1 Å². The minimum Gasteiger partial charge on any atom is -0.341 e. The third-order valence-corrected chi connectivity index (χ3v) is 3.50. The molecule has 0 radical (unpaired) electrons. The van der Waals surface area contributed by atoms with Gasteiger partial charge in [-0.15, -0.1) is 0 Å². The third-order valence-electron chi connectivity index (χ3n) is 3.50. The number of benzene rings is 1. The van der Waals surface area contributed by atoms with Crippen LogP contribution in [0.1, 0.15) is 12.8 Å². The van der Waals surface area contributed by atoms with Gasteiger partial charge in [0, 0.05) is 26.2 Å². The number of para-hydroxylation sites is 2. The van der Waals surface area contributed by atoms with Crippen LogP contribution in [-0.4, -0.2) is 28.7 Å². The number of hydrogen-bond acceptors (Lipinski definition) is 3. The van der Waals surface area contributed by atoms with E-state index in [1.54, 1.807) is 0 Å². The van der Waals surface area contributed by atoms with E-state index in [0.29, 0.717) is 0 Å². The topological polar surface area (TPSA) is 47.1 Å². The Hall–Kier alpha value is -1.55. The maximum Gasteiger partial charge on any atom is 0.206 e. The van der Waals surface area contributed by atoms with Crippen LogP contribution in [0.15, 0.2) is 24.3 Å². The number of anilines is 1. The number of aryl methyl sites for hydroxylation is 1. The van der Waals surface area contributed by atoms with Gasteiger partial charge in [0.1, 0.15) is 0 Å². The Balaban J connectivity index is 2.02. The maximum absolute atomic E-state index is 6.03. The van der Waals surface area contributed by atoms with Gasteiger partial charge in [-0.3, -0.25) is 0 Å². The number of hydrogen-bond donors (Lipinski definition) is 1. The first-order chi connectivity index (χ1) is 8.25. The van der Waals surface area contributed by atoms with E-state index in [2.05, 4.69) is 34.7 Å². The first-order valence-corrected chi connectivity index (χ1v) is 6.17. The van der Waals surface area contributed by atoms with Gasteiger partial charge in [-0.05, 0) is 25.0 Å². The van der Waals surface area contributed by atoms with Gasteiger partial charge in [-0.25, -0.2) is 4.98 Å². The molecule has 17 heavy (non-hydrogen) atoms. The predicted octanol–water partition coefficient (Wildman–Crippen LogP) is 1.50. The lowest BCUT2D eigenvalue weighted by Crippen LogP contribution is -2.43. The van der Waals surface area contributed by atoms with Crippen molar-refractivity contribution in [3.05, 3.63) is 24.3 Å². The standard InChI is InChI=1S/C13H18N4/c1-16-12-7-3-2-6-11(12)15-13(16)17-8-4-5-10(14)9-17/h2-3,6-7,10H,4-5,8-9,14H2,1H3/t10-/m1/s1. The van der Waals surface area contributed by atoms with E-state index in [0.717, 1.165) is 37.4 Å². The highest BCUT2D eigenvalue weighted by molar-refractivity contribution is 5.78. The molecule has 2 N–H and O–H groups in total. The lowest BCUT2D eigenvalue weighted by atomic mass is 10.1. The van der Waals surface area contributed by atoms with E-state index in [4.69, 9.17) is 10.7 Å². The Kier molecular flexibility index (Phi) is 2.52. The zero-order chi connectivity index (χ0) is 11.8. The highest BCUT2D eigenvalue weighted by atomic mass is 15.3. The minimum absolute atomic E-state index is 0.281. The van der Waals surface area contributed by atoms with Crippen LogP contribution in [0.25, 0.3) is 11.0 Å². The molecule has 1 aromatic heterocycles. The number of nitrogens with two attached hydrogens (primary N) is 1. The first kappa shape index (κ1) is 10.6. The van der Waals surface area contributed by atoms with Gasteiger partial charge in [0.15, 0.2) is 0 Å². The fraction of sp³-hybridized carbons (Fsp3) is 0.462. The molecule has 1 aliphatic heterocycles.